The van der Waals surface area contributed by atoms with Crippen molar-refractivity contribution in [3.05, 3.63) is 98.6 Å². The predicted octanol–water partition coefficient (Wildman–Crippen LogP) is 10.6. The topological polar surface area (TPSA) is 63.2 Å². The number of anilines is 1. The maximum atomic E-state index is 15.1. The van der Waals surface area contributed by atoms with Crippen LogP contribution in [0.4, 0.5) is 71.5 Å². The predicted molar refractivity (Wildman–Crippen MR) is 156 cm³/mol. The number of carbonyl (C=O) groups is 3. The van der Waals surface area contributed by atoms with Gasteiger partial charge in [0.1, 0.15) is 16.0 Å². The van der Waals surface area contributed by atoms with Gasteiger partial charge in [-0.05, 0) is 53.6 Å². The lowest BCUT2D eigenvalue weighted by Crippen LogP contribution is -2.56. The first-order chi connectivity index (χ1) is 23.9. The highest BCUT2D eigenvalue weighted by Crippen LogP contribution is 2.65. The van der Waals surface area contributed by atoms with Crippen LogP contribution in [0.15, 0.2) is 48.5 Å². The van der Waals surface area contributed by atoms with Crippen molar-refractivity contribution in [3.8, 4) is 0 Å². The standard InChI is InChI=1S/C31H15Cl3F15NO3/c32-18-3-2-15(50-25(53)23-22(26(23,33)34)12-5-13(28(39,40)41)8-14(6-12)29(42,43)44)9-16(18)20(51)7-11-1-4-19(35)17(24(11)36)10-21(52)27(37,38)30(45,46)31(47,48)49/h1-6,8-9,22-23H,7,10H2,(H,50,53). The summed E-state index contributed by atoms with van der Waals surface area (Å²) >= 11 is 18.2. The lowest BCUT2D eigenvalue weighted by atomic mass is 9.95. The number of halogens is 18. The number of ketones is 2. The van der Waals surface area contributed by atoms with E-state index in [0.29, 0.717) is 24.3 Å². The van der Waals surface area contributed by atoms with Gasteiger partial charge in [-0.25, -0.2) is 8.78 Å². The molecular weight excluding hydrogens is 826 g/mol. The van der Waals surface area contributed by atoms with E-state index in [1.807, 2.05) is 0 Å². The maximum absolute atomic E-state index is 15.1. The van der Waals surface area contributed by atoms with Gasteiger partial charge in [-0.15, -0.1) is 23.2 Å². The third kappa shape index (κ3) is 8.21. The fourth-order valence-corrected chi connectivity index (χ4v) is 6.15. The van der Waals surface area contributed by atoms with Crippen molar-refractivity contribution >= 4 is 58.0 Å². The summed E-state index contributed by atoms with van der Waals surface area (Å²) in [4.78, 5) is 37.9. The van der Waals surface area contributed by atoms with Gasteiger partial charge >= 0.3 is 30.4 Å². The Bertz CT molecular complexity index is 1940. The van der Waals surface area contributed by atoms with Crippen LogP contribution < -0.4 is 5.32 Å². The number of alkyl halides is 15. The van der Waals surface area contributed by atoms with Gasteiger partial charge in [0.05, 0.1) is 22.1 Å². The highest BCUT2D eigenvalue weighted by molar-refractivity contribution is 6.53. The Labute approximate surface area is 301 Å². The van der Waals surface area contributed by atoms with Gasteiger partial charge in [-0.1, -0.05) is 17.7 Å². The molecule has 0 bridgehead atoms. The molecular formula is C31H15Cl3F15NO3. The van der Waals surface area contributed by atoms with Crippen LogP contribution in [0.5, 0.6) is 0 Å². The van der Waals surface area contributed by atoms with Gasteiger partial charge in [-0.3, -0.25) is 14.4 Å². The second-order valence-electron chi connectivity index (χ2n) is 11.5. The molecule has 4 nitrogen and oxygen atoms in total. The SMILES string of the molecule is O=C(Cc1ccc(F)c(CC(=O)C(F)(F)C(F)(F)C(F)(F)F)c1F)c1cc(NC(=O)C2C(c3cc(C(F)(F)F)cc(C(F)(F)F)c3)C2(Cl)Cl)ccc1Cl. The minimum absolute atomic E-state index is 0.159. The van der Waals surface area contributed by atoms with Crippen LogP contribution >= 0.6 is 34.8 Å². The number of Topliss-reactive ketones (excluding diaryl/α,β-unsaturated/α-hetero) is 2. The summed E-state index contributed by atoms with van der Waals surface area (Å²) in [6.45, 7) is 0. The van der Waals surface area contributed by atoms with Crippen molar-refractivity contribution in [2.45, 2.75) is 53.5 Å². The Morgan fingerprint density at radius 2 is 1.28 bits per heavy atom. The average molecular weight is 841 g/mol. The fourth-order valence-electron chi connectivity index (χ4n) is 5.10. The molecule has 0 aliphatic heterocycles. The Morgan fingerprint density at radius 3 is 1.79 bits per heavy atom. The molecule has 53 heavy (non-hydrogen) atoms. The molecule has 22 heteroatoms. The molecule has 0 spiro atoms. The minimum atomic E-state index is -6.93. The van der Waals surface area contributed by atoms with E-state index < -0.39 is 127 Å². The van der Waals surface area contributed by atoms with Crippen LogP contribution in [0.1, 0.15) is 44.1 Å². The summed E-state index contributed by atoms with van der Waals surface area (Å²) in [5.41, 5.74) is -7.56. The molecule has 4 rings (SSSR count). The summed E-state index contributed by atoms with van der Waals surface area (Å²) in [7, 11) is 0. The molecule has 1 fully saturated rings. The van der Waals surface area contributed by atoms with Gasteiger partial charge in [0, 0.05) is 35.6 Å². The summed E-state index contributed by atoms with van der Waals surface area (Å²) in [6.07, 6.45) is -20.9. The molecule has 3 aromatic carbocycles. The van der Waals surface area contributed by atoms with Crippen LogP contribution in [0.25, 0.3) is 0 Å². The molecule has 2 unspecified atom stereocenters. The van der Waals surface area contributed by atoms with Crippen molar-refractivity contribution < 1.29 is 80.2 Å². The van der Waals surface area contributed by atoms with Crippen LogP contribution in [0.3, 0.4) is 0 Å². The van der Waals surface area contributed by atoms with E-state index in [4.69, 9.17) is 34.8 Å². The van der Waals surface area contributed by atoms with E-state index in [1.165, 1.54) is 0 Å². The Hall–Kier alpha value is -3.71. The zero-order chi connectivity index (χ0) is 40.4. The van der Waals surface area contributed by atoms with Crippen molar-refractivity contribution in [2.75, 3.05) is 5.32 Å². The van der Waals surface area contributed by atoms with Crippen molar-refractivity contribution in [1.29, 1.82) is 0 Å². The molecule has 1 aliphatic carbocycles. The Kier molecular flexibility index (Phi) is 11.0. The quantitative estimate of drug-likeness (QED) is 0.126. The van der Waals surface area contributed by atoms with Crippen LogP contribution in [0.2, 0.25) is 5.02 Å². The average Bonchev–Trinajstić information content (AvgIpc) is 3.61. The van der Waals surface area contributed by atoms with E-state index >= 15 is 4.39 Å². The zero-order valence-corrected chi connectivity index (χ0v) is 27.5. The molecule has 0 saturated heterocycles. The molecule has 0 aromatic heterocycles. The normalized spacial score (nSPS) is 17.8. The number of carbonyl (C=O) groups excluding carboxylic acids is 3. The largest absolute Gasteiger partial charge is 0.460 e. The lowest BCUT2D eigenvalue weighted by Gasteiger charge is -2.27. The summed E-state index contributed by atoms with van der Waals surface area (Å²) in [5, 5.41) is 1.78. The number of rotatable bonds is 10. The molecule has 0 radical (unpaired) electrons. The minimum Gasteiger partial charge on any atom is -0.326 e. The number of hydrogen-bond acceptors (Lipinski definition) is 3. The van der Waals surface area contributed by atoms with Gasteiger partial charge in [0.25, 0.3) is 0 Å². The third-order valence-corrected chi connectivity index (χ3v) is 9.16. The smallest absolute Gasteiger partial charge is 0.326 e. The first kappa shape index (κ1) is 42.0. The van der Waals surface area contributed by atoms with Crippen molar-refractivity contribution in [1.82, 2.24) is 0 Å². The monoisotopic (exact) mass is 839 g/mol. The molecule has 1 saturated carbocycles. The number of amides is 1. The number of benzene rings is 3. The third-order valence-electron chi connectivity index (χ3n) is 7.89. The molecule has 3 aromatic rings. The van der Waals surface area contributed by atoms with E-state index in [-0.39, 0.29) is 11.8 Å². The maximum Gasteiger partial charge on any atom is 0.460 e. The fraction of sp³-hybridized carbons (Fsp3) is 0.323. The van der Waals surface area contributed by atoms with Crippen LogP contribution in [-0.2, 0) is 34.8 Å². The molecule has 288 valence electrons. The highest BCUT2D eigenvalue weighted by atomic mass is 35.5. The second-order valence-corrected chi connectivity index (χ2v) is 13.3. The first-order valence-electron chi connectivity index (χ1n) is 14.0. The summed E-state index contributed by atoms with van der Waals surface area (Å²) < 4.78 is 199. The van der Waals surface area contributed by atoms with Crippen molar-refractivity contribution in [2.24, 2.45) is 5.92 Å². The van der Waals surface area contributed by atoms with E-state index in [2.05, 4.69) is 5.32 Å². The molecule has 0 heterocycles. The van der Waals surface area contributed by atoms with E-state index in [1.54, 1.807) is 0 Å². The van der Waals surface area contributed by atoms with E-state index in [9.17, 15) is 75.8 Å². The van der Waals surface area contributed by atoms with Crippen LogP contribution in [-0.4, -0.2) is 39.8 Å². The zero-order valence-electron chi connectivity index (χ0n) is 25.2. The van der Waals surface area contributed by atoms with Gasteiger partial charge in [0.2, 0.25) is 11.7 Å². The van der Waals surface area contributed by atoms with Gasteiger partial charge < -0.3 is 5.32 Å². The second kappa shape index (κ2) is 13.9. The van der Waals surface area contributed by atoms with Gasteiger partial charge in [0.15, 0.2) is 5.78 Å². The number of nitrogens with one attached hydrogen (secondary N) is 1. The Balaban J connectivity index is 1.56. The summed E-state index contributed by atoms with van der Waals surface area (Å²) in [6, 6.07) is 4.19. The van der Waals surface area contributed by atoms with E-state index in [0.717, 1.165) is 18.2 Å². The first-order valence-corrected chi connectivity index (χ1v) is 15.2. The highest BCUT2D eigenvalue weighted by Gasteiger charge is 2.75. The molecule has 2 atom stereocenters. The summed E-state index contributed by atoms with van der Waals surface area (Å²) in [5.74, 6) is -26.0. The molecule has 1 N–H and O–H groups in total. The number of hydrogen-bond donors (Lipinski definition) is 1. The lowest BCUT2D eigenvalue weighted by molar-refractivity contribution is -0.343. The molecule has 1 aliphatic rings. The van der Waals surface area contributed by atoms with Crippen LogP contribution in [0, 0.1) is 17.6 Å². The Morgan fingerprint density at radius 1 is 0.736 bits per heavy atom. The van der Waals surface area contributed by atoms with Crippen molar-refractivity contribution in [3.63, 3.8) is 0 Å². The van der Waals surface area contributed by atoms with Gasteiger partial charge in [-0.2, -0.15) is 57.1 Å². The molecule has 1 amide bonds.